The lowest BCUT2D eigenvalue weighted by molar-refractivity contribution is 0.0353. The Morgan fingerprint density at radius 1 is 1.04 bits per heavy atom. The SMILES string of the molecule is Cc1ccc(C(=O)N2CCN(CCCC3OC(=O)c4ccccc43)CC2)cc1. The van der Waals surface area contributed by atoms with Crippen LogP contribution < -0.4 is 0 Å². The van der Waals surface area contributed by atoms with E-state index in [9.17, 15) is 9.59 Å². The van der Waals surface area contributed by atoms with Crippen molar-refractivity contribution in [2.24, 2.45) is 0 Å². The number of esters is 1. The number of amides is 1. The highest BCUT2D eigenvalue weighted by Gasteiger charge is 2.30. The topological polar surface area (TPSA) is 49.9 Å². The average molecular weight is 378 g/mol. The zero-order chi connectivity index (χ0) is 19.5. The van der Waals surface area contributed by atoms with Gasteiger partial charge in [-0.2, -0.15) is 0 Å². The number of benzene rings is 2. The summed E-state index contributed by atoms with van der Waals surface area (Å²) in [5.41, 5.74) is 3.65. The van der Waals surface area contributed by atoms with Crippen LogP contribution in [0.25, 0.3) is 0 Å². The third kappa shape index (κ3) is 3.94. The number of ether oxygens (including phenoxy) is 1. The van der Waals surface area contributed by atoms with Crippen molar-refractivity contribution in [3.63, 3.8) is 0 Å². The zero-order valence-electron chi connectivity index (χ0n) is 16.3. The van der Waals surface area contributed by atoms with Crippen molar-refractivity contribution in [3.05, 3.63) is 70.8 Å². The molecule has 2 heterocycles. The second kappa shape index (κ2) is 8.15. The number of piperazine rings is 1. The Bertz CT molecular complexity index is 854. The molecule has 1 fully saturated rings. The van der Waals surface area contributed by atoms with E-state index in [1.807, 2.05) is 60.4 Å². The molecule has 4 rings (SSSR count). The Morgan fingerprint density at radius 3 is 2.50 bits per heavy atom. The number of carbonyl (C=O) groups is 2. The quantitative estimate of drug-likeness (QED) is 0.748. The van der Waals surface area contributed by atoms with Gasteiger partial charge in [-0.05, 0) is 44.5 Å². The van der Waals surface area contributed by atoms with Crippen LogP contribution in [0.1, 0.15) is 50.8 Å². The highest BCUT2D eigenvalue weighted by Crippen LogP contribution is 2.33. The largest absolute Gasteiger partial charge is 0.454 e. The number of nitrogens with zero attached hydrogens (tertiary/aromatic N) is 2. The molecular formula is C23H26N2O3. The fourth-order valence-electron chi connectivity index (χ4n) is 3.99. The van der Waals surface area contributed by atoms with E-state index < -0.39 is 0 Å². The van der Waals surface area contributed by atoms with Gasteiger partial charge in [0.05, 0.1) is 5.56 Å². The molecule has 0 N–H and O–H groups in total. The highest BCUT2D eigenvalue weighted by molar-refractivity contribution is 5.94. The number of cyclic esters (lactones) is 1. The molecule has 0 aliphatic carbocycles. The van der Waals surface area contributed by atoms with Crippen LogP contribution in [-0.4, -0.2) is 54.4 Å². The van der Waals surface area contributed by atoms with Gasteiger partial charge < -0.3 is 9.64 Å². The molecule has 0 spiro atoms. The molecule has 0 radical (unpaired) electrons. The number of hydrogen-bond donors (Lipinski definition) is 0. The monoisotopic (exact) mass is 378 g/mol. The van der Waals surface area contributed by atoms with Crippen molar-refractivity contribution < 1.29 is 14.3 Å². The van der Waals surface area contributed by atoms with E-state index in [1.54, 1.807) is 0 Å². The summed E-state index contributed by atoms with van der Waals surface area (Å²) in [4.78, 5) is 28.8. The molecule has 1 unspecified atom stereocenters. The molecule has 2 aromatic rings. The van der Waals surface area contributed by atoms with Gasteiger partial charge in [-0.25, -0.2) is 4.79 Å². The molecule has 0 saturated carbocycles. The second-order valence-corrected chi connectivity index (χ2v) is 7.62. The molecule has 28 heavy (non-hydrogen) atoms. The molecule has 2 aromatic carbocycles. The highest BCUT2D eigenvalue weighted by atomic mass is 16.5. The van der Waals surface area contributed by atoms with E-state index >= 15 is 0 Å². The molecule has 2 aliphatic heterocycles. The van der Waals surface area contributed by atoms with Gasteiger partial charge in [0.15, 0.2) is 0 Å². The fraction of sp³-hybridized carbons (Fsp3) is 0.391. The van der Waals surface area contributed by atoms with Crippen LogP contribution in [0.15, 0.2) is 48.5 Å². The van der Waals surface area contributed by atoms with Gasteiger partial charge >= 0.3 is 5.97 Å². The number of hydrogen-bond acceptors (Lipinski definition) is 4. The Hall–Kier alpha value is -2.66. The Morgan fingerprint density at radius 2 is 1.75 bits per heavy atom. The number of fused-ring (bicyclic) bond motifs is 1. The maximum Gasteiger partial charge on any atom is 0.339 e. The Kier molecular flexibility index (Phi) is 5.44. The standard InChI is InChI=1S/C23H26N2O3/c1-17-8-10-18(11-9-17)22(26)25-15-13-24(14-16-25)12-4-7-21-19-5-2-3-6-20(19)23(27)28-21/h2-3,5-6,8-11,21H,4,7,12-16H2,1H3. The van der Waals surface area contributed by atoms with Crippen molar-refractivity contribution in [2.75, 3.05) is 32.7 Å². The van der Waals surface area contributed by atoms with Gasteiger partial charge in [0.1, 0.15) is 6.10 Å². The minimum atomic E-state index is -0.205. The van der Waals surface area contributed by atoms with Gasteiger partial charge in [0.25, 0.3) is 5.91 Å². The first kappa shape index (κ1) is 18.7. The summed E-state index contributed by atoms with van der Waals surface area (Å²) in [6.07, 6.45) is 1.69. The van der Waals surface area contributed by atoms with E-state index in [1.165, 1.54) is 0 Å². The number of aryl methyl sites for hydroxylation is 1. The van der Waals surface area contributed by atoms with Crippen molar-refractivity contribution in [1.82, 2.24) is 9.80 Å². The lowest BCUT2D eigenvalue weighted by Crippen LogP contribution is -2.48. The minimum Gasteiger partial charge on any atom is -0.454 e. The van der Waals surface area contributed by atoms with Gasteiger partial charge in [0, 0.05) is 37.3 Å². The van der Waals surface area contributed by atoms with Crippen LogP contribution in [-0.2, 0) is 4.74 Å². The van der Waals surface area contributed by atoms with Crippen molar-refractivity contribution in [3.8, 4) is 0 Å². The first-order valence-electron chi connectivity index (χ1n) is 10.00. The first-order chi connectivity index (χ1) is 13.6. The minimum absolute atomic E-state index is 0.117. The summed E-state index contributed by atoms with van der Waals surface area (Å²) in [5, 5.41) is 0. The molecule has 1 atom stereocenters. The van der Waals surface area contributed by atoms with Crippen LogP contribution in [0.2, 0.25) is 0 Å². The predicted octanol–water partition coefficient (Wildman–Crippen LogP) is 3.44. The number of rotatable bonds is 5. The first-order valence-corrected chi connectivity index (χ1v) is 10.00. The van der Waals surface area contributed by atoms with E-state index in [4.69, 9.17) is 4.74 Å². The Labute approximate surface area is 165 Å². The van der Waals surface area contributed by atoms with Crippen LogP contribution in [0.4, 0.5) is 0 Å². The van der Waals surface area contributed by atoms with Crippen LogP contribution in [0.5, 0.6) is 0 Å². The molecule has 5 nitrogen and oxygen atoms in total. The smallest absolute Gasteiger partial charge is 0.339 e. The molecule has 1 amide bonds. The van der Waals surface area contributed by atoms with Crippen LogP contribution in [0.3, 0.4) is 0 Å². The molecule has 1 saturated heterocycles. The molecule has 146 valence electrons. The number of carbonyl (C=O) groups excluding carboxylic acids is 2. The third-order valence-corrected chi connectivity index (χ3v) is 5.68. The second-order valence-electron chi connectivity index (χ2n) is 7.62. The molecule has 0 bridgehead atoms. The normalized spacial score (nSPS) is 19.4. The fourth-order valence-corrected chi connectivity index (χ4v) is 3.99. The van der Waals surface area contributed by atoms with Crippen molar-refractivity contribution in [2.45, 2.75) is 25.9 Å². The van der Waals surface area contributed by atoms with Gasteiger partial charge in [0.2, 0.25) is 0 Å². The zero-order valence-corrected chi connectivity index (χ0v) is 16.3. The summed E-state index contributed by atoms with van der Waals surface area (Å²) in [5.74, 6) is -0.0852. The van der Waals surface area contributed by atoms with E-state index in [-0.39, 0.29) is 18.0 Å². The molecular weight excluding hydrogens is 352 g/mol. The maximum absolute atomic E-state index is 12.6. The summed E-state index contributed by atoms with van der Waals surface area (Å²) in [7, 11) is 0. The summed E-state index contributed by atoms with van der Waals surface area (Å²) < 4.78 is 5.52. The molecule has 5 heteroatoms. The van der Waals surface area contributed by atoms with E-state index in [0.717, 1.165) is 62.3 Å². The van der Waals surface area contributed by atoms with Crippen molar-refractivity contribution >= 4 is 11.9 Å². The van der Waals surface area contributed by atoms with Gasteiger partial charge in [-0.15, -0.1) is 0 Å². The van der Waals surface area contributed by atoms with Gasteiger partial charge in [-0.3, -0.25) is 9.69 Å². The lowest BCUT2D eigenvalue weighted by Gasteiger charge is -2.35. The molecule has 2 aliphatic rings. The van der Waals surface area contributed by atoms with E-state index in [2.05, 4.69) is 4.90 Å². The Balaban J connectivity index is 1.23. The lowest BCUT2D eigenvalue weighted by atomic mass is 10.0. The van der Waals surface area contributed by atoms with Crippen LogP contribution in [0, 0.1) is 6.92 Å². The maximum atomic E-state index is 12.6. The van der Waals surface area contributed by atoms with E-state index in [0.29, 0.717) is 5.56 Å². The average Bonchev–Trinajstić information content (AvgIpc) is 3.05. The summed E-state index contributed by atoms with van der Waals surface area (Å²) in [6.45, 7) is 6.28. The van der Waals surface area contributed by atoms with Crippen LogP contribution >= 0.6 is 0 Å². The molecule has 0 aromatic heterocycles. The summed E-state index contributed by atoms with van der Waals surface area (Å²) >= 11 is 0. The van der Waals surface area contributed by atoms with Gasteiger partial charge in [-0.1, -0.05) is 35.9 Å². The summed E-state index contributed by atoms with van der Waals surface area (Å²) in [6, 6.07) is 15.4. The predicted molar refractivity (Wildman–Crippen MR) is 107 cm³/mol. The van der Waals surface area contributed by atoms with Crippen molar-refractivity contribution in [1.29, 1.82) is 0 Å². The third-order valence-electron chi connectivity index (χ3n) is 5.68.